The molecule has 0 spiro atoms. The molecule has 0 aliphatic heterocycles. The van der Waals surface area contributed by atoms with E-state index >= 15 is 0 Å². The van der Waals surface area contributed by atoms with E-state index in [9.17, 15) is 10.1 Å². The number of aromatic nitrogens is 2. The zero-order chi connectivity index (χ0) is 20.5. The molecule has 0 saturated carbocycles. The summed E-state index contributed by atoms with van der Waals surface area (Å²) in [4.78, 5) is 17.1. The lowest BCUT2D eigenvalue weighted by molar-refractivity contribution is -0.491. The predicted octanol–water partition coefficient (Wildman–Crippen LogP) is 5.18. The lowest BCUT2D eigenvalue weighted by atomic mass is 10.2. The fourth-order valence-electron chi connectivity index (χ4n) is 1.39. The SMILES string of the molecule is CCOP(=S)(OCC)Oc1cc(C)nc(C(C)C)n1.O=[N+]([O-])C(Cl)(Cl)Cl. The lowest BCUT2D eigenvalue weighted by Crippen LogP contribution is -2.15. The Bertz CT molecular complexity index is 636. The van der Waals surface area contributed by atoms with E-state index in [-0.39, 0.29) is 5.92 Å². The van der Waals surface area contributed by atoms with Crippen molar-refractivity contribution < 1.29 is 18.5 Å². The summed E-state index contributed by atoms with van der Waals surface area (Å²) >= 11 is 19.4. The van der Waals surface area contributed by atoms with Crippen LogP contribution in [0.1, 0.15) is 45.1 Å². The van der Waals surface area contributed by atoms with Crippen molar-refractivity contribution in [1.29, 1.82) is 0 Å². The number of nitro groups is 1. The van der Waals surface area contributed by atoms with Gasteiger partial charge in [-0.25, -0.2) is 4.98 Å². The van der Waals surface area contributed by atoms with Gasteiger partial charge in [-0.05, 0) is 55.6 Å². The summed E-state index contributed by atoms with van der Waals surface area (Å²) in [5.74, 6) is 1.37. The fourth-order valence-corrected chi connectivity index (χ4v) is 3.38. The Morgan fingerprint density at radius 1 is 1.27 bits per heavy atom. The Kier molecular flexibility index (Phi) is 11.4. The summed E-state index contributed by atoms with van der Waals surface area (Å²) < 4.78 is 14.2. The zero-order valence-electron chi connectivity index (χ0n) is 14.9. The van der Waals surface area contributed by atoms with Gasteiger partial charge in [0, 0.05) is 29.5 Å². The highest BCUT2D eigenvalue weighted by atomic mass is 35.6. The molecule has 0 fully saturated rings. The maximum Gasteiger partial charge on any atom is 0.449 e. The quantitative estimate of drug-likeness (QED) is 0.178. The molecule has 0 aromatic carbocycles. The summed E-state index contributed by atoms with van der Waals surface area (Å²) in [5, 5.41) is 9.43. The second kappa shape index (κ2) is 11.5. The monoisotopic (exact) mass is 467 g/mol. The summed E-state index contributed by atoms with van der Waals surface area (Å²) in [6.45, 7) is 7.78. The van der Waals surface area contributed by atoms with E-state index in [1.165, 1.54) is 0 Å². The number of hydrogen-bond donors (Lipinski definition) is 0. The molecule has 1 heterocycles. The molecule has 13 heteroatoms. The smallest absolute Gasteiger partial charge is 0.406 e. The summed E-state index contributed by atoms with van der Waals surface area (Å²) in [6.07, 6.45) is 0. The fraction of sp³-hybridized carbons (Fsp3) is 0.692. The van der Waals surface area contributed by atoms with E-state index in [1.807, 2.05) is 34.6 Å². The topological polar surface area (TPSA) is 96.6 Å². The molecule has 1 rings (SSSR count). The van der Waals surface area contributed by atoms with Crippen molar-refractivity contribution in [2.45, 2.75) is 44.5 Å². The zero-order valence-corrected chi connectivity index (χ0v) is 18.9. The maximum atomic E-state index is 9.43. The first-order valence-electron chi connectivity index (χ1n) is 7.50. The molecule has 0 saturated heterocycles. The Labute approximate surface area is 172 Å². The molecule has 0 atom stereocenters. The van der Waals surface area contributed by atoms with Gasteiger partial charge in [-0.1, -0.05) is 13.8 Å². The normalized spacial score (nSPS) is 11.7. The van der Waals surface area contributed by atoms with Crippen molar-refractivity contribution in [3.8, 4) is 5.88 Å². The molecule has 0 bridgehead atoms. The molecule has 8 nitrogen and oxygen atoms in total. The molecular weight excluding hydrogens is 448 g/mol. The van der Waals surface area contributed by atoms with E-state index in [0.717, 1.165) is 11.5 Å². The minimum absolute atomic E-state index is 0.222. The van der Waals surface area contributed by atoms with E-state index < -0.39 is 15.6 Å². The molecule has 0 aliphatic carbocycles. The van der Waals surface area contributed by atoms with Crippen LogP contribution in [-0.4, -0.2) is 32.0 Å². The number of alkyl halides is 3. The van der Waals surface area contributed by atoms with Crippen LogP contribution < -0.4 is 4.52 Å². The Morgan fingerprint density at radius 3 is 2.08 bits per heavy atom. The van der Waals surface area contributed by atoms with Gasteiger partial charge in [0.15, 0.2) is 0 Å². The van der Waals surface area contributed by atoms with Crippen LogP contribution in [0.4, 0.5) is 0 Å². The molecule has 26 heavy (non-hydrogen) atoms. The van der Waals surface area contributed by atoms with E-state index in [4.69, 9.17) is 60.2 Å². The van der Waals surface area contributed by atoms with Crippen LogP contribution in [0, 0.1) is 17.0 Å². The number of nitrogens with zero attached hydrogens (tertiary/aromatic N) is 3. The van der Waals surface area contributed by atoms with E-state index in [2.05, 4.69) is 9.97 Å². The highest BCUT2D eigenvalue weighted by Crippen LogP contribution is 2.49. The summed E-state index contributed by atoms with van der Waals surface area (Å²) in [7, 11) is 0. The van der Waals surface area contributed by atoms with Gasteiger partial charge in [-0.15, -0.1) is 0 Å². The predicted molar refractivity (Wildman–Crippen MR) is 106 cm³/mol. The van der Waals surface area contributed by atoms with Crippen LogP contribution in [0.25, 0.3) is 0 Å². The van der Waals surface area contributed by atoms with Crippen LogP contribution >= 0.6 is 41.5 Å². The largest absolute Gasteiger partial charge is 0.449 e. The Balaban J connectivity index is 0.000000758. The number of hydrogen-bond acceptors (Lipinski definition) is 8. The second-order valence-corrected chi connectivity index (χ2v) is 10.1. The van der Waals surface area contributed by atoms with Crippen molar-refractivity contribution in [3.63, 3.8) is 0 Å². The first kappa shape index (κ1) is 25.7. The average Bonchev–Trinajstić information content (AvgIpc) is 2.46. The van der Waals surface area contributed by atoms with Gasteiger partial charge in [-0.3, -0.25) is 19.2 Å². The molecule has 0 amide bonds. The van der Waals surface area contributed by atoms with Crippen molar-refractivity contribution in [1.82, 2.24) is 9.97 Å². The molecule has 0 radical (unpaired) electrons. The van der Waals surface area contributed by atoms with Gasteiger partial charge in [0.1, 0.15) is 5.82 Å². The van der Waals surface area contributed by atoms with Crippen LogP contribution in [0.2, 0.25) is 0 Å². The van der Waals surface area contributed by atoms with Gasteiger partial charge < -0.3 is 4.52 Å². The van der Waals surface area contributed by atoms with E-state index in [0.29, 0.717) is 19.1 Å². The highest BCUT2D eigenvalue weighted by molar-refractivity contribution is 8.07. The molecule has 1 aromatic rings. The van der Waals surface area contributed by atoms with Gasteiger partial charge in [0.25, 0.3) is 0 Å². The molecule has 0 unspecified atom stereocenters. The molecule has 0 aliphatic rings. The van der Waals surface area contributed by atoms with Crippen LogP contribution in [-0.2, 0) is 20.9 Å². The summed E-state index contributed by atoms with van der Waals surface area (Å²) in [6, 6.07) is 1.74. The van der Waals surface area contributed by atoms with Gasteiger partial charge in [-0.2, -0.15) is 4.98 Å². The number of rotatable bonds is 7. The van der Waals surface area contributed by atoms with Crippen molar-refractivity contribution >= 4 is 53.3 Å². The standard InChI is InChI=1S/C12H21N2O3PS.CCl3NO2/c1-6-15-18(19,16-7-2)17-11-8-10(5)13-12(14-11)9(3)4;2-1(3,4)5(6)7/h8-9H,6-7H2,1-5H3;. The average molecular weight is 469 g/mol. The first-order chi connectivity index (χ1) is 11.8. The Hall–Kier alpha value is -0.280. The van der Waals surface area contributed by atoms with Crippen LogP contribution in [0.15, 0.2) is 6.07 Å². The van der Waals surface area contributed by atoms with Gasteiger partial charge >= 0.3 is 10.6 Å². The maximum absolute atomic E-state index is 9.43. The third-order valence-corrected chi connectivity index (χ3v) is 5.18. The van der Waals surface area contributed by atoms with Crippen molar-refractivity contribution in [3.05, 3.63) is 27.7 Å². The molecule has 150 valence electrons. The number of aryl methyl sites for hydroxylation is 1. The molecule has 0 N–H and O–H groups in total. The van der Waals surface area contributed by atoms with Crippen molar-refractivity contribution in [2.24, 2.45) is 0 Å². The number of halogens is 3. The Morgan fingerprint density at radius 2 is 1.73 bits per heavy atom. The highest BCUT2D eigenvalue weighted by Gasteiger charge is 2.33. The third-order valence-electron chi connectivity index (χ3n) is 2.35. The van der Waals surface area contributed by atoms with Gasteiger partial charge in [0.05, 0.1) is 18.1 Å². The van der Waals surface area contributed by atoms with E-state index in [1.54, 1.807) is 6.07 Å². The van der Waals surface area contributed by atoms with Crippen LogP contribution in [0.3, 0.4) is 0 Å². The van der Waals surface area contributed by atoms with Crippen molar-refractivity contribution in [2.75, 3.05) is 13.2 Å². The van der Waals surface area contributed by atoms with Gasteiger partial charge in [0.2, 0.25) is 5.88 Å². The first-order valence-corrected chi connectivity index (χ1v) is 11.2. The molecule has 1 aromatic heterocycles. The molecular formula is C13H21Cl3N3O5PS. The summed E-state index contributed by atoms with van der Waals surface area (Å²) in [5.41, 5.74) is 0.836. The minimum atomic E-state index is -2.77. The second-order valence-electron chi connectivity index (χ2n) is 4.96. The van der Waals surface area contributed by atoms with Crippen LogP contribution in [0.5, 0.6) is 5.88 Å². The third kappa shape index (κ3) is 10.2. The minimum Gasteiger partial charge on any atom is -0.406 e. The lowest BCUT2D eigenvalue weighted by Gasteiger charge is -2.20.